The van der Waals surface area contributed by atoms with Crippen LogP contribution in [-0.2, 0) is 18.6 Å². The van der Waals surface area contributed by atoms with E-state index in [4.69, 9.17) is 18.6 Å². The molecule has 0 amide bonds. The van der Waals surface area contributed by atoms with Gasteiger partial charge in [-0.2, -0.15) is 0 Å². The lowest BCUT2D eigenvalue weighted by Crippen LogP contribution is -2.41. The van der Waals surface area contributed by atoms with Gasteiger partial charge in [-0.15, -0.1) is 0 Å². The highest BCUT2D eigenvalue weighted by molar-refractivity contribution is 6.63. The number of hydrogen-bond acceptors (Lipinski definition) is 4. The summed E-state index contributed by atoms with van der Waals surface area (Å²) in [5.41, 5.74) is 0.702. The van der Waals surface area contributed by atoms with Gasteiger partial charge in [-0.1, -0.05) is 48.5 Å². The smallest absolute Gasteiger partial charge is 0.399 e. The van der Waals surface area contributed by atoms with Crippen LogP contribution in [0.15, 0.2) is 48.5 Å². The second-order valence-corrected chi connectivity index (χ2v) is 11.2. The molecule has 2 saturated heterocycles. The third-order valence-electron chi connectivity index (χ3n) is 7.93. The fourth-order valence-corrected chi connectivity index (χ4v) is 4.36. The van der Waals surface area contributed by atoms with E-state index in [-0.39, 0.29) is 36.6 Å². The van der Waals surface area contributed by atoms with Crippen molar-refractivity contribution in [3.8, 4) is 0 Å². The van der Waals surface area contributed by atoms with Crippen molar-refractivity contribution in [3.05, 3.63) is 48.5 Å². The second-order valence-electron chi connectivity index (χ2n) is 11.2. The summed E-state index contributed by atoms with van der Waals surface area (Å²) in [6.07, 6.45) is 0. The van der Waals surface area contributed by atoms with Crippen molar-refractivity contribution in [3.63, 3.8) is 0 Å². The van der Waals surface area contributed by atoms with Crippen LogP contribution in [0.2, 0.25) is 0 Å². The van der Waals surface area contributed by atoms with Crippen LogP contribution < -0.4 is 10.9 Å². The summed E-state index contributed by atoms with van der Waals surface area (Å²) in [5.74, 6) is 0. The summed E-state index contributed by atoms with van der Waals surface area (Å²) in [6, 6.07) is 17.3. The fourth-order valence-electron chi connectivity index (χ4n) is 4.36. The molecule has 5 rings (SSSR count). The van der Waals surface area contributed by atoms with Crippen LogP contribution in [0, 0.1) is 0 Å². The highest BCUT2D eigenvalue weighted by Crippen LogP contribution is 2.38. The van der Waals surface area contributed by atoms with Gasteiger partial charge in [0.25, 0.3) is 0 Å². The molecular formula is C26H32B2O4. The molecule has 0 aliphatic carbocycles. The van der Waals surface area contributed by atoms with Gasteiger partial charge in [0.1, 0.15) is 0 Å². The Hall–Kier alpha value is -1.85. The van der Waals surface area contributed by atoms with Crippen molar-refractivity contribution >= 4 is 46.7 Å². The van der Waals surface area contributed by atoms with Gasteiger partial charge in [-0.05, 0) is 87.9 Å². The molecule has 0 unspecified atom stereocenters. The van der Waals surface area contributed by atoms with E-state index in [9.17, 15) is 0 Å². The number of rotatable bonds is 2. The van der Waals surface area contributed by atoms with Crippen LogP contribution in [0.1, 0.15) is 55.4 Å². The van der Waals surface area contributed by atoms with E-state index < -0.39 is 0 Å². The Morgan fingerprint density at radius 1 is 0.469 bits per heavy atom. The largest absolute Gasteiger partial charge is 0.494 e. The van der Waals surface area contributed by atoms with Gasteiger partial charge in [0.05, 0.1) is 22.4 Å². The topological polar surface area (TPSA) is 36.9 Å². The van der Waals surface area contributed by atoms with E-state index in [0.717, 1.165) is 10.9 Å². The van der Waals surface area contributed by atoms with Gasteiger partial charge in [0.2, 0.25) is 0 Å². The molecule has 166 valence electrons. The van der Waals surface area contributed by atoms with Crippen molar-refractivity contribution in [2.24, 2.45) is 0 Å². The average molecular weight is 430 g/mol. The minimum atomic E-state index is -0.356. The average Bonchev–Trinajstić information content (AvgIpc) is 3.06. The van der Waals surface area contributed by atoms with E-state index in [0.29, 0.717) is 0 Å². The standard InChI is InChI=1S/C26H32B2O4/c1-23(2)24(3,4)30-27(29-23)19-11-13-21-17(15-19)9-10-18-16-20(12-14-22(18)21)28-31-25(5,6)26(7,8)32-28/h9-16H,1-8H3. The first-order valence-electron chi connectivity index (χ1n) is 11.5. The predicted molar refractivity (Wildman–Crippen MR) is 133 cm³/mol. The summed E-state index contributed by atoms with van der Waals surface area (Å²) in [7, 11) is -0.711. The predicted octanol–water partition coefficient (Wildman–Crippen LogP) is 4.59. The highest BCUT2D eigenvalue weighted by atomic mass is 16.7. The summed E-state index contributed by atoms with van der Waals surface area (Å²) >= 11 is 0. The Kier molecular flexibility index (Phi) is 4.69. The minimum Gasteiger partial charge on any atom is -0.399 e. The molecule has 0 N–H and O–H groups in total. The first-order chi connectivity index (χ1) is 14.8. The molecule has 2 fully saturated rings. The molecule has 3 aromatic rings. The van der Waals surface area contributed by atoms with Crippen LogP contribution in [0.25, 0.3) is 21.5 Å². The van der Waals surface area contributed by atoms with E-state index in [2.05, 4.69) is 104 Å². The molecule has 4 nitrogen and oxygen atoms in total. The van der Waals surface area contributed by atoms with Crippen LogP contribution in [-0.4, -0.2) is 36.6 Å². The minimum absolute atomic E-state index is 0.347. The molecule has 0 aromatic heterocycles. The number of fused-ring (bicyclic) bond motifs is 3. The molecule has 0 bridgehead atoms. The molecule has 0 spiro atoms. The Labute approximate surface area is 191 Å². The van der Waals surface area contributed by atoms with Crippen LogP contribution >= 0.6 is 0 Å². The number of hydrogen-bond donors (Lipinski definition) is 0. The maximum atomic E-state index is 6.24. The molecule has 2 heterocycles. The van der Waals surface area contributed by atoms with Crippen molar-refractivity contribution in [1.82, 2.24) is 0 Å². The third-order valence-corrected chi connectivity index (χ3v) is 7.93. The summed E-state index contributed by atoms with van der Waals surface area (Å²) < 4.78 is 25.0. The molecule has 32 heavy (non-hydrogen) atoms. The highest BCUT2D eigenvalue weighted by Gasteiger charge is 2.52. The third kappa shape index (κ3) is 3.31. The van der Waals surface area contributed by atoms with Gasteiger partial charge in [0.15, 0.2) is 0 Å². The molecule has 0 radical (unpaired) electrons. The molecule has 0 saturated carbocycles. The Bertz CT molecular complexity index is 1090. The molecule has 3 aromatic carbocycles. The zero-order chi connectivity index (χ0) is 23.1. The summed E-state index contributed by atoms with van der Waals surface area (Å²) in [4.78, 5) is 0. The lowest BCUT2D eigenvalue weighted by Gasteiger charge is -2.32. The first-order valence-corrected chi connectivity index (χ1v) is 11.5. The molecular weight excluding hydrogens is 398 g/mol. The lowest BCUT2D eigenvalue weighted by molar-refractivity contribution is 0.00578. The van der Waals surface area contributed by atoms with Gasteiger partial charge in [-0.3, -0.25) is 0 Å². The van der Waals surface area contributed by atoms with E-state index in [1.54, 1.807) is 0 Å². The first kappa shape index (κ1) is 22.0. The number of benzene rings is 3. The van der Waals surface area contributed by atoms with Gasteiger partial charge < -0.3 is 18.6 Å². The zero-order valence-corrected chi connectivity index (χ0v) is 20.4. The van der Waals surface area contributed by atoms with Crippen LogP contribution in [0.5, 0.6) is 0 Å². The Balaban J connectivity index is 1.49. The lowest BCUT2D eigenvalue weighted by atomic mass is 9.76. The van der Waals surface area contributed by atoms with Crippen LogP contribution in [0.3, 0.4) is 0 Å². The van der Waals surface area contributed by atoms with Crippen molar-refractivity contribution in [1.29, 1.82) is 0 Å². The summed E-state index contributed by atoms with van der Waals surface area (Å²) in [6.45, 7) is 16.7. The van der Waals surface area contributed by atoms with Gasteiger partial charge in [-0.25, -0.2) is 0 Å². The quantitative estimate of drug-likeness (QED) is 0.441. The van der Waals surface area contributed by atoms with E-state index in [1.807, 2.05) is 0 Å². The van der Waals surface area contributed by atoms with Gasteiger partial charge >= 0.3 is 14.2 Å². The fraction of sp³-hybridized carbons (Fsp3) is 0.462. The maximum Gasteiger partial charge on any atom is 0.494 e. The van der Waals surface area contributed by atoms with Gasteiger partial charge in [0, 0.05) is 0 Å². The van der Waals surface area contributed by atoms with Crippen molar-refractivity contribution in [2.75, 3.05) is 0 Å². The molecule has 0 atom stereocenters. The normalized spacial score (nSPS) is 23.4. The van der Waals surface area contributed by atoms with Crippen molar-refractivity contribution in [2.45, 2.75) is 77.8 Å². The molecule has 6 heteroatoms. The van der Waals surface area contributed by atoms with Crippen LogP contribution in [0.4, 0.5) is 0 Å². The second kappa shape index (κ2) is 6.83. The monoisotopic (exact) mass is 430 g/mol. The van der Waals surface area contributed by atoms with Crippen molar-refractivity contribution < 1.29 is 18.6 Å². The van der Waals surface area contributed by atoms with E-state index >= 15 is 0 Å². The molecule has 2 aliphatic heterocycles. The zero-order valence-electron chi connectivity index (χ0n) is 20.4. The Morgan fingerprint density at radius 3 is 1.09 bits per heavy atom. The summed E-state index contributed by atoms with van der Waals surface area (Å²) in [5, 5.41) is 4.77. The maximum absolute atomic E-state index is 6.24. The van der Waals surface area contributed by atoms with E-state index in [1.165, 1.54) is 21.5 Å². The Morgan fingerprint density at radius 2 is 0.781 bits per heavy atom. The SMILES string of the molecule is CC1(C)OB(c2ccc3c(ccc4cc(B5OC(C)(C)C(C)(C)O5)ccc43)c2)OC1(C)C. The molecule has 2 aliphatic rings.